The second kappa shape index (κ2) is 7.07. The monoisotopic (exact) mass is 355 g/mol. The molecule has 136 valence electrons. The molecule has 1 amide bonds. The molecule has 0 saturated heterocycles. The molecule has 0 spiro atoms. The molecule has 6 heteroatoms. The summed E-state index contributed by atoms with van der Waals surface area (Å²) in [5.74, 6) is -0.740. The number of hydrogen-bond acceptors (Lipinski definition) is 4. The van der Waals surface area contributed by atoms with Crippen molar-refractivity contribution in [2.45, 2.75) is 20.3 Å². The lowest BCUT2D eigenvalue weighted by molar-refractivity contribution is 0.0686. The number of rotatable bonds is 5. The van der Waals surface area contributed by atoms with E-state index in [1.807, 2.05) is 12.1 Å². The van der Waals surface area contributed by atoms with Gasteiger partial charge in [0.25, 0.3) is 0 Å². The molecule has 0 aromatic heterocycles. The zero-order valence-corrected chi connectivity index (χ0v) is 14.7. The molecule has 1 aliphatic heterocycles. The van der Waals surface area contributed by atoms with Gasteiger partial charge >= 0.3 is 5.97 Å². The first-order chi connectivity index (χ1) is 12.4. The lowest BCUT2D eigenvalue weighted by Crippen LogP contribution is -2.19. The maximum atomic E-state index is 12.2. The van der Waals surface area contributed by atoms with E-state index in [9.17, 15) is 14.7 Å². The van der Waals surface area contributed by atoms with Crippen LogP contribution in [0, 0.1) is 5.92 Å². The van der Waals surface area contributed by atoms with Crippen LogP contribution in [0.25, 0.3) is 11.1 Å². The smallest absolute Gasteiger partial charge is 0.339 e. The largest absolute Gasteiger partial charge is 0.486 e. The maximum absolute atomic E-state index is 12.2. The third kappa shape index (κ3) is 3.35. The molecule has 3 rings (SSSR count). The Morgan fingerprint density at radius 1 is 1.19 bits per heavy atom. The number of benzene rings is 2. The summed E-state index contributed by atoms with van der Waals surface area (Å²) in [6.45, 7) is 4.75. The summed E-state index contributed by atoms with van der Waals surface area (Å²) >= 11 is 0. The minimum atomic E-state index is -1.12. The molecule has 1 aliphatic rings. The van der Waals surface area contributed by atoms with Crippen molar-refractivity contribution in [2.75, 3.05) is 13.2 Å². The highest BCUT2D eigenvalue weighted by atomic mass is 16.6. The van der Waals surface area contributed by atoms with Gasteiger partial charge in [-0.25, -0.2) is 4.79 Å². The van der Waals surface area contributed by atoms with Crippen molar-refractivity contribution in [1.82, 2.24) is 0 Å². The van der Waals surface area contributed by atoms with Crippen LogP contribution in [-0.4, -0.2) is 30.2 Å². The Morgan fingerprint density at radius 2 is 1.92 bits per heavy atom. The minimum Gasteiger partial charge on any atom is -0.486 e. The topological polar surface area (TPSA) is 98.8 Å². The molecule has 0 saturated carbocycles. The van der Waals surface area contributed by atoms with E-state index in [-0.39, 0.29) is 11.3 Å². The number of nitrogens with two attached hydrogens (primary N) is 1. The van der Waals surface area contributed by atoms with E-state index >= 15 is 0 Å². The van der Waals surface area contributed by atoms with Gasteiger partial charge in [-0.1, -0.05) is 32.0 Å². The number of fused-ring (bicyclic) bond motifs is 1. The minimum absolute atomic E-state index is 0.00174. The highest BCUT2D eigenvalue weighted by Crippen LogP contribution is 2.39. The van der Waals surface area contributed by atoms with Gasteiger partial charge in [0.2, 0.25) is 5.91 Å². The summed E-state index contributed by atoms with van der Waals surface area (Å²) in [5.41, 5.74) is 8.06. The predicted molar refractivity (Wildman–Crippen MR) is 96.9 cm³/mol. The average Bonchev–Trinajstić information content (AvgIpc) is 2.59. The Balaban J connectivity index is 2.22. The van der Waals surface area contributed by atoms with Crippen molar-refractivity contribution in [3.8, 4) is 22.6 Å². The second-order valence-corrected chi connectivity index (χ2v) is 6.66. The summed E-state index contributed by atoms with van der Waals surface area (Å²) in [6.07, 6.45) is 0.697. The van der Waals surface area contributed by atoms with Crippen LogP contribution < -0.4 is 15.2 Å². The summed E-state index contributed by atoms with van der Waals surface area (Å²) in [4.78, 5) is 23.8. The van der Waals surface area contributed by atoms with Crippen LogP contribution in [-0.2, 0) is 6.42 Å². The molecule has 26 heavy (non-hydrogen) atoms. The molecule has 0 radical (unpaired) electrons. The number of primary amides is 1. The van der Waals surface area contributed by atoms with Gasteiger partial charge in [-0.15, -0.1) is 0 Å². The fraction of sp³-hybridized carbons (Fsp3) is 0.300. The molecule has 6 nitrogen and oxygen atoms in total. The van der Waals surface area contributed by atoms with Crippen LogP contribution in [0.4, 0.5) is 0 Å². The first-order valence-corrected chi connectivity index (χ1v) is 8.47. The Morgan fingerprint density at radius 3 is 2.58 bits per heavy atom. The van der Waals surface area contributed by atoms with Gasteiger partial charge in [0.1, 0.15) is 18.8 Å². The molecule has 2 aromatic carbocycles. The molecular formula is C20H21NO5. The Kier molecular flexibility index (Phi) is 4.84. The quantitative estimate of drug-likeness (QED) is 0.858. The summed E-state index contributed by atoms with van der Waals surface area (Å²) in [7, 11) is 0. The average molecular weight is 355 g/mol. The number of carbonyl (C=O) groups excluding carboxylic acids is 1. The van der Waals surface area contributed by atoms with Crippen LogP contribution in [0.5, 0.6) is 11.5 Å². The van der Waals surface area contributed by atoms with Gasteiger partial charge in [0.05, 0.1) is 5.56 Å². The number of amides is 1. The van der Waals surface area contributed by atoms with Crippen LogP contribution >= 0.6 is 0 Å². The van der Waals surface area contributed by atoms with Crippen molar-refractivity contribution in [3.63, 3.8) is 0 Å². The van der Waals surface area contributed by atoms with Crippen LogP contribution in [0.15, 0.2) is 30.3 Å². The van der Waals surface area contributed by atoms with E-state index in [1.165, 1.54) is 6.07 Å². The molecule has 0 aliphatic carbocycles. The predicted octanol–water partition coefficient (Wildman–Crippen LogP) is 3.12. The van der Waals surface area contributed by atoms with Gasteiger partial charge < -0.3 is 20.3 Å². The summed E-state index contributed by atoms with van der Waals surface area (Å²) < 4.78 is 11.0. The number of carbonyl (C=O) groups is 2. The second-order valence-electron chi connectivity index (χ2n) is 6.66. The highest BCUT2D eigenvalue weighted by Gasteiger charge is 2.24. The van der Waals surface area contributed by atoms with E-state index in [0.29, 0.717) is 48.0 Å². The molecule has 3 N–H and O–H groups in total. The SMILES string of the molecule is CC(C)Cc1cccc(-c2cc3c(c(C(=O)O)c2)OCCO3)c1C(N)=O. The maximum Gasteiger partial charge on any atom is 0.339 e. The number of hydrogen-bond donors (Lipinski definition) is 2. The summed E-state index contributed by atoms with van der Waals surface area (Å²) in [6, 6.07) is 8.68. The normalized spacial score (nSPS) is 12.9. The van der Waals surface area contributed by atoms with E-state index in [0.717, 1.165) is 5.56 Å². The lowest BCUT2D eigenvalue weighted by Gasteiger charge is -2.22. The molecule has 1 heterocycles. The third-order valence-corrected chi connectivity index (χ3v) is 4.21. The molecule has 0 unspecified atom stereocenters. The Labute approximate surface area is 151 Å². The summed E-state index contributed by atoms with van der Waals surface area (Å²) in [5, 5.41) is 9.54. The number of ether oxygens (including phenoxy) is 2. The lowest BCUT2D eigenvalue weighted by atomic mass is 9.90. The molecule has 0 bridgehead atoms. The van der Waals surface area contributed by atoms with Crippen molar-refractivity contribution in [1.29, 1.82) is 0 Å². The van der Waals surface area contributed by atoms with Crippen LogP contribution in [0.2, 0.25) is 0 Å². The first kappa shape index (κ1) is 17.8. The standard InChI is InChI=1S/C20H21NO5/c1-11(2)8-12-4-3-5-14(17(12)19(21)22)13-9-15(20(23)24)18-16(10-13)25-6-7-26-18/h3-5,9-11H,6-8H2,1-2H3,(H2,21,22)(H,23,24). The highest BCUT2D eigenvalue weighted by molar-refractivity contribution is 6.02. The van der Waals surface area contributed by atoms with Gasteiger partial charge in [-0.2, -0.15) is 0 Å². The van der Waals surface area contributed by atoms with Gasteiger partial charge in [0, 0.05) is 0 Å². The van der Waals surface area contributed by atoms with E-state index < -0.39 is 11.9 Å². The molecule has 0 atom stereocenters. The van der Waals surface area contributed by atoms with Crippen molar-refractivity contribution >= 4 is 11.9 Å². The number of carboxylic acid groups (broad SMARTS) is 1. The van der Waals surface area contributed by atoms with E-state index in [2.05, 4.69) is 13.8 Å². The zero-order chi connectivity index (χ0) is 18.8. The van der Waals surface area contributed by atoms with Crippen LogP contribution in [0.1, 0.15) is 40.1 Å². The molecular weight excluding hydrogens is 334 g/mol. The van der Waals surface area contributed by atoms with Crippen molar-refractivity contribution in [3.05, 3.63) is 47.0 Å². The Hall–Kier alpha value is -3.02. The zero-order valence-electron chi connectivity index (χ0n) is 14.7. The Bertz CT molecular complexity index is 873. The fourth-order valence-electron chi connectivity index (χ4n) is 3.21. The molecule has 2 aromatic rings. The number of carboxylic acids is 1. The van der Waals surface area contributed by atoms with E-state index in [4.69, 9.17) is 15.2 Å². The number of aromatic carboxylic acids is 1. The van der Waals surface area contributed by atoms with Gasteiger partial charge in [0.15, 0.2) is 11.5 Å². The fourth-order valence-corrected chi connectivity index (χ4v) is 3.21. The van der Waals surface area contributed by atoms with Gasteiger partial charge in [-0.05, 0) is 41.2 Å². The van der Waals surface area contributed by atoms with Crippen molar-refractivity contribution < 1.29 is 24.2 Å². The third-order valence-electron chi connectivity index (χ3n) is 4.21. The van der Waals surface area contributed by atoms with Gasteiger partial charge in [-0.3, -0.25) is 4.79 Å². The van der Waals surface area contributed by atoms with Crippen molar-refractivity contribution in [2.24, 2.45) is 11.7 Å². The van der Waals surface area contributed by atoms with E-state index in [1.54, 1.807) is 12.1 Å². The first-order valence-electron chi connectivity index (χ1n) is 8.47. The molecule has 0 fully saturated rings. The van der Waals surface area contributed by atoms with Crippen LogP contribution in [0.3, 0.4) is 0 Å².